The Labute approximate surface area is 192 Å². The molecule has 1 aliphatic rings. The first kappa shape index (κ1) is 22.0. The summed E-state index contributed by atoms with van der Waals surface area (Å²) >= 11 is 6.04. The third-order valence-corrected chi connectivity index (χ3v) is 5.29. The van der Waals surface area contributed by atoms with Crippen LogP contribution < -0.4 is 10.6 Å². The Morgan fingerprint density at radius 3 is 2.50 bits per heavy atom. The van der Waals surface area contributed by atoms with Crippen LogP contribution in [0.3, 0.4) is 0 Å². The van der Waals surface area contributed by atoms with Gasteiger partial charge in [-0.1, -0.05) is 11.6 Å². The Bertz CT molecular complexity index is 1100. The van der Waals surface area contributed by atoms with Crippen molar-refractivity contribution in [3.05, 3.63) is 65.1 Å². The van der Waals surface area contributed by atoms with Crippen LogP contribution in [0, 0.1) is 0 Å². The second-order valence-corrected chi connectivity index (χ2v) is 9.21. The van der Waals surface area contributed by atoms with Crippen molar-refractivity contribution < 1.29 is 9.53 Å². The van der Waals surface area contributed by atoms with Crippen LogP contribution in [0.4, 0.5) is 16.3 Å². The number of hydrogen-bond acceptors (Lipinski definition) is 6. The lowest BCUT2D eigenvalue weighted by Crippen LogP contribution is -2.42. The Kier molecular flexibility index (Phi) is 6.28. The van der Waals surface area contributed by atoms with Crippen molar-refractivity contribution in [2.45, 2.75) is 51.7 Å². The first-order chi connectivity index (χ1) is 15.3. The van der Waals surface area contributed by atoms with Gasteiger partial charge in [-0.15, -0.1) is 0 Å². The number of ether oxygens (including phenoxy) is 1. The number of carbonyl (C=O) groups excluding carboxylic acids is 1. The highest BCUT2D eigenvalue weighted by atomic mass is 35.5. The first-order valence-corrected chi connectivity index (χ1v) is 11.0. The molecule has 0 spiro atoms. The van der Waals surface area contributed by atoms with Crippen LogP contribution in [0.2, 0.25) is 5.02 Å². The molecule has 3 aromatic rings. The van der Waals surface area contributed by atoms with E-state index in [1.807, 2.05) is 57.2 Å². The normalized spacial score (nSPS) is 15.6. The number of alkyl carbamates (subject to hydrolysis) is 1. The summed E-state index contributed by atoms with van der Waals surface area (Å²) in [4.78, 5) is 26.0. The number of anilines is 2. The number of aromatic nitrogens is 3. The molecule has 2 aromatic heterocycles. The molecule has 1 aromatic carbocycles. The van der Waals surface area contributed by atoms with Gasteiger partial charge in [-0.3, -0.25) is 4.98 Å². The molecule has 0 fully saturated rings. The largest absolute Gasteiger partial charge is 0.444 e. The first-order valence-electron chi connectivity index (χ1n) is 10.6. The number of hydrogen-bond donors (Lipinski definition) is 2. The number of nitrogens with zero attached hydrogens (tertiary/aromatic N) is 3. The zero-order valence-corrected chi connectivity index (χ0v) is 19.1. The Hall–Kier alpha value is -3.19. The summed E-state index contributed by atoms with van der Waals surface area (Å²) in [5, 5.41) is 7.07. The number of benzene rings is 1. The highest BCUT2D eigenvalue weighted by Gasteiger charge is 2.27. The zero-order chi connectivity index (χ0) is 22.7. The number of amides is 1. The zero-order valence-electron chi connectivity index (χ0n) is 18.4. The minimum Gasteiger partial charge on any atom is -0.444 e. The van der Waals surface area contributed by atoms with Crippen LogP contribution in [0.1, 0.15) is 38.4 Å². The molecule has 0 aliphatic heterocycles. The highest BCUT2D eigenvalue weighted by Crippen LogP contribution is 2.31. The number of pyridine rings is 1. The quantitative estimate of drug-likeness (QED) is 0.558. The lowest BCUT2D eigenvalue weighted by Gasteiger charge is -2.28. The standard InChI is InChI=1S/C24H26ClN5O2/c1-24(2,3)32-23(31)28-18-8-9-20-19(14-18)22(27-17-6-4-16(25)5-7-17)30-21(29-20)15-10-12-26-13-11-15/h4-7,10-13,18H,8-9,14H2,1-3H3,(H,28,31)(H,27,29,30). The van der Waals surface area contributed by atoms with Crippen molar-refractivity contribution in [1.29, 1.82) is 0 Å². The van der Waals surface area contributed by atoms with Gasteiger partial charge in [-0.25, -0.2) is 14.8 Å². The van der Waals surface area contributed by atoms with E-state index in [1.54, 1.807) is 12.4 Å². The molecule has 2 heterocycles. The molecule has 1 unspecified atom stereocenters. The van der Waals surface area contributed by atoms with Gasteiger partial charge in [0.2, 0.25) is 0 Å². The van der Waals surface area contributed by atoms with E-state index >= 15 is 0 Å². The van der Waals surface area contributed by atoms with Gasteiger partial charge in [-0.2, -0.15) is 0 Å². The van der Waals surface area contributed by atoms with Crippen molar-refractivity contribution in [3.63, 3.8) is 0 Å². The maximum absolute atomic E-state index is 12.3. The molecule has 0 saturated heterocycles. The molecule has 4 rings (SSSR count). The minimum atomic E-state index is -0.541. The monoisotopic (exact) mass is 451 g/mol. The van der Waals surface area contributed by atoms with E-state index < -0.39 is 11.7 Å². The fourth-order valence-electron chi connectivity index (χ4n) is 3.61. The molecule has 166 valence electrons. The molecule has 2 N–H and O–H groups in total. The maximum atomic E-state index is 12.3. The van der Waals surface area contributed by atoms with E-state index in [0.29, 0.717) is 17.3 Å². The van der Waals surface area contributed by atoms with Crippen LogP contribution >= 0.6 is 11.6 Å². The number of carbonyl (C=O) groups is 1. The second-order valence-electron chi connectivity index (χ2n) is 8.77. The Balaban J connectivity index is 1.64. The number of rotatable bonds is 4. The summed E-state index contributed by atoms with van der Waals surface area (Å²) in [6.07, 6.45) is 5.16. The number of fused-ring (bicyclic) bond motifs is 1. The fourth-order valence-corrected chi connectivity index (χ4v) is 3.74. The summed E-state index contributed by atoms with van der Waals surface area (Å²) < 4.78 is 5.43. The molecule has 0 bridgehead atoms. The molecule has 32 heavy (non-hydrogen) atoms. The number of halogens is 1. The molecule has 1 amide bonds. The predicted octanol–water partition coefficient (Wildman–Crippen LogP) is 5.32. The summed E-state index contributed by atoms with van der Waals surface area (Å²) in [6, 6.07) is 11.2. The van der Waals surface area contributed by atoms with Crippen LogP contribution in [0.25, 0.3) is 11.4 Å². The summed E-state index contributed by atoms with van der Waals surface area (Å²) in [5.74, 6) is 1.36. The van der Waals surface area contributed by atoms with Gasteiger partial charge in [0.05, 0.1) is 0 Å². The lowest BCUT2D eigenvalue weighted by atomic mass is 9.91. The van der Waals surface area contributed by atoms with Gasteiger partial charge in [0, 0.05) is 46.0 Å². The second kappa shape index (κ2) is 9.12. The summed E-state index contributed by atoms with van der Waals surface area (Å²) in [6.45, 7) is 5.56. The van der Waals surface area contributed by atoms with E-state index in [1.165, 1.54) is 0 Å². The maximum Gasteiger partial charge on any atom is 0.407 e. The fraction of sp³-hybridized carbons (Fsp3) is 0.333. The molecular weight excluding hydrogens is 426 g/mol. The topological polar surface area (TPSA) is 89.0 Å². The van der Waals surface area contributed by atoms with Crippen LogP contribution in [-0.4, -0.2) is 32.7 Å². The van der Waals surface area contributed by atoms with Crippen molar-refractivity contribution in [2.24, 2.45) is 0 Å². The Morgan fingerprint density at radius 2 is 1.81 bits per heavy atom. The van der Waals surface area contributed by atoms with Crippen LogP contribution in [-0.2, 0) is 17.6 Å². The molecule has 0 radical (unpaired) electrons. The average molecular weight is 452 g/mol. The minimum absolute atomic E-state index is 0.0570. The average Bonchev–Trinajstić information content (AvgIpc) is 2.75. The summed E-state index contributed by atoms with van der Waals surface area (Å²) in [5.41, 5.74) is 3.20. The molecule has 0 saturated carbocycles. The van der Waals surface area contributed by atoms with Gasteiger partial charge in [0.15, 0.2) is 5.82 Å². The van der Waals surface area contributed by atoms with E-state index in [2.05, 4.69) is 15.6 Å². The molecule has 1 atom stereocenters. The molecule has 7 nitrogen and oxygen atoms in total. The third kappa shape index (κ3) is 5.53. The van der Waals surface area contributed by atoms with Gasteiger partial charge in [-0.05, 0) is 76.4 Å². The van der Waals surface area contributed by atoms with Gasteiger partial charge >= 0.3 is 6.09 Å². The molecule has 1 aliphatic carbocycles. The van der Waals surface area contributed by atoms with E-state index in [-0.39, 0.29) is 6.04 Å². The van der Waals surface area contributed by atoms with Crippen LogP contribution in [0.15, 0.2) is 48.8 Å². The van der Waals surface area contributed by atoms with E-state index in [9.17, 15) is 4.79 Å². The van der Waals surface area contributed by atoms with Gasteiger partial charge in [0.1, 0.15) is 11.4 Å². The highest BCUT2D eigenvalue weighted by molar-refractivity contribution is 6.30. The molecular formula is C24H26ClN5O2. The van der Waals surface area contributed by atoms with Gasteiger partial charge in [0.25, 0.3) is 0 Å². The smallest absolute Gasteiger partial charge is 0.407 e. The van der Waals surface area contributed by atoms with Crippen molar-refractivity contribution in [2.75, 3.05) is 5.32 Å². The molecule has 8 heteroatoms. The summed E-state index contributed by atoms with van der Waals surface area (Å²) in [7, 11) is 0. The number of aryl methyl sites for hydroxylation is 1. The van der Waals surface area contributed by atoms with Crippen molar-refractivity contribution in [1.82, 2.24) is 20.3 Å². The van der Waals surface area contributed by atoms with Crippen molar-refractivity contribution >= 4 is 29.2 Å². The lowest BCUT2D eigenvalue weighted by molar-refractivity contribution is 0.0500. The Morgan fingerprint density at radius 1 is 1.09 bits per heavy atom. The van der Waals surface area contributed by atoms with Crippen LogP contribution in [0.5, 0.6) is 0 Å². The van der Waals surface area contributed by atoms with Gasteiger partial charge < -0.3 is 15.4 Å². The van der Waals surface area contributed by atoms with Crippen molar-refractivity contribution in [3.8, 4) is 11.4 Å². The van der Waals surface area contributed by atoms with E-state index in [0.717, 1.165) is 41.2 Å². The van der Waals surface area contributed by atoms with E-state index in [4.69, 9.17) is 26.3 Å². The third-order valence-electron chi connectivity index (χ3n) is 5.04. The number of nitrogens with one attached hydrogen (secondary N) is 2. The predicted molar refractivity (Wildman–Crippen MR) is 125 cm³/mol. The SMILES string of the molecule is CC(C)(C)OC(=O)NC1CCc2nc(-c3ccncc3)nc(Nc3ccc(Cl)cc3)c2C1.